The van der Waals surface area contributed by atoms with E-state index < -0.39 is 30.9 Å². The van der Waals surface area contributed by atoms with Gasteiger partial charge in [-0.25, -0.2) is 9.97 Å². The molecular weight excluding hydrogens is 578 g/mol. The Morgan fingerprint density at radius 2 is 1.98 bits per heavy atom. The quantitative estimate of drug-likeness (QED) is 0.189. The highest BCUT2D eigenvalue weighted by Gasteiger charge is 2.31. The maximum Gasteiger partial charge on any atom is 0.573 e. The van der Waals surface area contributed by atoms with Crippen molar-refractivity contribution in [1.29, 1.82) is 0 Å². The van der Waals surface area contributed by atoms with Gasteiger partial charge in [0.25, 0.3) is 5.56 Å². The molecule has 6 rings (SSSR count). The smallest absolute Gasteiger partial charge is 0.481 e. The molecule has 0 bridgehead atoms. The maximum atomic E-state index is 12.3. The number of carboxylic acids is 1. The van der Waals surface area contributed by atoms with Gasteiger partial charge in [-0.3, -0.25) is 18.6 Å². The second kappa shape index (κ2) is 9.75. The summed E-state index contributed by atoms with van der Waals surface area (Å²) < 4.78 is 52.8. The van der Waals surface area contributed by atoms with E-state index in [2.05, 4.69) is 19.7 Å². The van der Waals surface area contributed by atoms with Crippen molar-refractivity contribution in [2.24, 2.45) is 0 Å². The van der Waals surface area contributed by atoms with Crippen molar-refractivity contribution in [3.05, 3.63) is 69.8 Å². The van der Waals surface area contributed by atoms with Crippen LogP contribution in [0.5, 0.6) is 5.75 Å². The summed E-state index contributed by atoms with van der Waals surface area (Å²) in [5, 5.41) is 9.38. The molecule has 0 unspecified atom stereocenters. The molecule has 0 aliphatic heterocycles. The van der Waals surface area contributed by atoms with Gasteiger partial charge in [0.1, 0.15) is 5.75 Å². The summed E-state index contributed by atoms with van der Waals surface area (Å²) in [5.74, 6) is -1.23. The fourth-order valence-corrected chi connectivity index (χ4v) is 5.58. The lowest BCUT2D eigenvalue weighted by molar-refractivity contribution is -0.274. The number of nitrogens with two attached hydrogens (primary N) is 1. The number of anilines is 1. The fraction of sp³-hybridized carbons (Fsp3) is 0.130. The molecule has 1 aliphatic carbocycles. The Labute approximate surface area is 224 Å². The van der Waals surface area contributed by atoms with Crippen LogP contribution in [-0.2, 0) is 22.2 Å². The first kappa shape index (κ1) is 27.3. The van der Waals surface area contributed by atoms with Crippen molar-refractivity contribution in [1.82, 2.24) is 19.4 Å². The number of carboxylic acid groups (broad SMARTS) is 1. The Morgan fingerprint density at radius 3 is 2.65 bits per heavy atom. The summed E-state index contributed by atoms with van der Waals surface area (Å²) in [6.45, 7) is 0. The van der Waals surface area contributed by atoms with Crippen molar-refractivity contribution in [2.75, 3.05) is 5.73 Å². The van der Waals surface area contributed by atoms with Crippen LogP contribution in [0.3, 0.4) is 0 Å². The number of H-pyrrole nitrogens is 1. The van der Waals surface area contributed by atoms with Gasteiger partial charge < -0.3 is 30.3 Å². The van der Waals surface area contributed by atoms with E-state index in [0.717, 1.165) is 23.1 Å². The number of alkyl halides is 3. The van der Waals surface area contributed by atoms with Crippen LogP contribution >= 0.6 is 18.9 Å². The number of thiazole rings is 1. The topological polar surface area (TPSA) is 193 Å². The number of hydrogen-bond donors (Lipinski definition) is 5. The number of imidazole rings is 1. The van der Waals surface area contributed by atoms with E-state index >= 15 is 0 Å². The predicted molar refractivity (Wildman–Crippen MR) is 138 cm³/mol. The fourth-order valence-electron chi connectivity index (χ4n) is 4.33. The molecule has 0 amide bonds. The molecule has 3 heterocycles. The average molecular weight is 595 g/mol. The minimum atomic E-state index is -4.68. The minimum absolute atomic E-state index is 0.107. The number of nitrogens with one attached hydrogen (secondary N) is 1. The summed E-state index contributed by atoms with van der Waals surface area (Å²) >= 11 is 1.11. The zero-order chi connectivity index (χ0) is 29.0. The van der Waals surface area contributed by atoms with Gasteiger partial charge in [-0.2, -0.15) is 0 Å². The first-order chi connectivity index (χ1) is 18.7. The molecule has 6 N–H and O–H groups in total. The van der Waals surface area contributed by atoms with Crippen LogP contribution in [0.15, 0.2) is 47.4 Å². The Morgan fingerprint density at radius 1 is 1.23 bits per heavy atom. The van der Waals surface area contributed by atoms with Gasteiger partial charge in [0.15, 0.2) is 10.6 Å². The molecule has 0 radical (unpaired) electrons. The number of aromatic amines is 1. The molecule has 0 saturated carbocycles. The molecule has 12 nitrogen and oxygen atoms in total. The third-order valence-electron chi connectivity index (χ3n) is 5.85. The van der Waals surface area contributed by atoms with Crippen LogP contribution in [0.2, 0.25) is 0 Å². The average Bonchev–Trinajstić information content (AvgIpc) is 3.53. The molecule has 3 aromatic heterocycles. The van der Waals surface area contributed by atoms with Crippen LogP contribution in [0.4, 0.5) is 18.3 Å². The highest BCUT2D eigenvalue weighted by molar-refractivity contribution is 7.60. The molecule has 0 fully saturated rings. The van der Waals surface area contributed by atoms with E-state index in [-0.39, 0.29) is 17.8 Å². The van der Waals surface area contributed by atoms with E-state index in [0.29, 0.717) is 44.3 Å². The number of nitrogens with zero attached hydrogens (tertiary/aromatic N) is 3. The summed E-state index contributed by atoms with van der Waals surface area (Å²) in [4.78, 5) is 52.3. The van der Waals surface area contributed by atoms with Gasteiger partial charge in [0, 0.05) is 24.2 Å². The summed E-state index contributed by atoms with van der Waals surface area (Å²) in [6.07, 6.45) is -3.34. The number of halogens is 3. The second-order valence-corrected chi connectivity index (χ2v) is 11.1. The van der Waals surface area contributed by atoms with Gasteiger partial charge in [0.05, 0.1) is 28.0 Å². The molecule has 2 aromatic carbocycles. The lowest BCUT2D eigenvalue weighted by Gasteiger charge is -2.07. The molecule has 1 aliphatic rings. The molecule has 17 heteroatoms. The van der Waals surface area contributed by atoms with Crippen LogP contribution in [0, 0.1) is 0 Å². The van der Waals surface area contributed by atoms with Crippen LogP contribution in [-0.4, -0.2) is 46.6 Å². The number of rotatable bonds is 4. The van der Waals surface area contributed by atoms with Gasteiger partial charge in [-0.1, -0.05) is 29.5 Å². The third-order valence-corrected chi connectivity index (χ3v) is 7.51. The van der Waals surface area contributed by atoms with E-state index in [1.54, 1.807) is 18.2 Å². The number of hydrogen-bond acceptors (Lipinski definition) is 8. The first-order valence-electron chi connectivity index (χ1n) is 11.1. The van der Waals surface area contributed by atoms with E-state index in [1.807, 2.05) is 0 Å². The molecule has 5 aromatic rings. The monoisotopic (exact) mass is 595 g/mol. The van der Waals surface area contributed by atoms with Crippen molar-refractivity contribution in [3.8, 4) is 17.0 Å². The highest BCUT2D eigenvalue weighted by atomic mass is 32.1. The molecule has 0 saturated heterocycles. The predicted octanol–water partition coefficient (Wildman–Crippen LogP) is 2.80. The van der Waals surface area contributed by atoms with Gasteiger partial charge in [0.2, 0.25) is 5.65 Å². The first-order valence-corrected chi connectivity index (χ1v) is 13.6. The number of aliphatic carboxylic acids is 1. The highest BCUT2D eigenvalue weighted by Crippen LogP contribution is 2.38. The lowest BCUT2D eigenvalue weighted by atomic mass is 10.0. The van der Waals surface area contributed by atoms with Gasteiger partial charge >= 0.3 is 19.9 Å². The van der Waals surface area contributed by atoms with Crippen molar-refractivity contribution < 1.29 is 42.2 Å². The Balaban J connectivity index is 0.000000184. The normalized spacial score (nSPS) is 12.6. The molecule has 0 atom stereocenters. The Hall–Kier alpha value is -4.24. The summed E-state index contributed by atoms with van der Waals surface area (Å²) in [5.41, 5.74) is 8.04. The zero-order valence-electron chi connectivity index (χ0n) is 19.8. The van der Waals surface area contributed by atoms with Crippen LogP contribution in [0.25, 0.3) is 27.1 Å². The Kier molecular flexibility index (Phi) is 6.66. The largest absolute Gasteiger partial charge is 0.573 e. The lowest BCUT2D eigenvalue weighted by Crippen LogP contribution is -2.16. The van der Waals surface area contributed by atoms with Gasteiger partial charge in [-0.05, 0) is 23.3 Å². The third kappa shape index (κ3) is 5.42. The molecular formula is C23H17F3N5O7PS. The second-order valence-electron chi connectivity index (χ2n) is 8.53. The minimum Gasteiger partial charge on any atom is -0.481 e. The van der Waals surface area contributed by atoms with E-state index in [4.69, 9.17) is 10.8 Å². The maximum absolute atomic E-state index is 12.3. The number of carbonyl (C=O) groups is 1. The van der Waals surface area contributed by atoms with Gasteiger partial charge in [-0.15, -0.1) is 13.2 Å². The number of aromatic nitrogens is 4. The van der Waals surface area contributed by atoms with Crippen molar-refractivity contribution in [3.63, 3.8) is 0 Å². The standard InChI is InChI=1S/C15H12N3O6P.C8H5F3N2OS/c19-12(20)4-7-2-1-3-8-9(7)5-10-13(8)17-15(21)14-16-11(6-18(10)14)25(22,23)24;9-8(10,11)14-4-1-2-5-6(3-4)15-7(12)13-5/h1-3,6H,4-5H2,(H,17,21)(H,19,20)(H2,22,23,24);1-3H,(H2,12,13). The number of benzene rings is 2. The van der Waals surface area contributed by atoms with Crippen LogP contribution < -0.4 is 21.5 Å². The van der Waals surface area contributed by atoms with Crippen molar-refractivity contribution >= 4 is 51.3 Å². The SMILES string of the molecule is Nc1nc2ccc(OC(F)(F)F)cc2s1.O=C(O)Cc1cccc2c1Cc1c-2[nH]c(=O)c2nc(P(=O)(O)O)cn12. The van der Waals surface area contributed by atoms with E-state index in [9.17, 15) is 37.1 Å². The summed E-state index contributed by atoms with van der Waals surface area (Å²) in [6, 6.07) is 9.09. The summed E-state index contributed by atoms with van der Waals surface area (Å²) in [7, 11) is -4.60. The molecule has 0 spiro atoms. The Bertz CT molecular complexity index is 1910. The molecule has 40 heavy (non-hydrogen) atoms. The zero-order valence-corrected chi connectivity index (χ0v) is 21.5. The number of nitrogen functional groups attached to an aromatic ring is 1. The number of fused-ring (bicyclic) bond motifs is 6. The number of ether oxygens (including phenoxy) is 1. The molecule has 208 valence electrons. The van der Waals surface area contributed by atoms with Crippen molar-refractivity contribution in [2.45, 2.75) is 19.2 Å². The van der Waals surface area contributed by atoms with E-state index in [1.165, 1.54) is 22.6 Å². The van der Waals surface area contributed by atoms with Crippen LogP contribution in [0.1, 0.15) is 16.8 Å².